The number of rotatable bonds is 8. The Labute approximate surface area is 141 Å². The Morgan fingerprint density at radius 3 is 2.52 bits per heavy atom. The molecule has 1 heterocycles. The normalized spacial score (nSPS) is 11.0. The molecule has 0 atom stereocenters. The van der Waals surface area contributed by atoms with Gasteiger partial charge in [-0.2, -0.15) is 0 Å². The number of amides is 1. The number of hydrogen-bond donors (Lipinski definition) is 1. The van der Waals surface area contributed by atoms with Crippen LogP contribution in [0.3, 0.4) is 0 Å². The monoisotopic (exact) mass is 332 g/mol. The topological polar surface area (TPSA) is 58.1 Å². The average Bonchev–Trinajstić information content (AvgIpc) is 3.07. The third-order valence-electron chi connectivity index (χ3n) is 3.94. The molecule has 1 N–H and O–H groups in total. The van der Waals surface area contributed by atoms with Crippen LogP contribution in [0.25, 0.3) is 0 Å². The molecule has 0 radical (unpaired) electrons. The maximum Gasteiger partial charge on any atom is 0.265 e. The van der Waals surface area contributed by atoms with Crippen molar-refractivity contribution in [3.05, 3.63) is 46.0 Å². The van der Waals surface area contributed by atoms with Crippen LogP contribution in [0.1, 0.15) is 47.3 Å². The van der Waals surface area contributed by atoms with Gasteiger partial charge in [0.05, 0.1) is 5.69 Å². The third-order valence-corrected chi connectivity index (χ3v) is 4.71. The summed E-state index contributed by atoms with van der Waals surface area (Å²) >= 11 is 1.16. The Morgan fingerprint density at radius 2 is 1.87 bits per heavy atom. The van der Waals surface area contributed by atoms with Gasteiger partial charge in [0.1, 0.15) is 4.88 Å². The lowest BCUT2D eigenvalue weighted by atomic mass is 10.1. The van der Waals surface area contributed by atoms with Gasteiger partial charge in [-0.25, -0.2) is 0 Å². The van der Waals surface area contributed by atoms with E-state index in [4.69, 9.17) is 0 Å². The van der Waals surface area contributed by atoms with Crippen molar-refractivity contribution in [3.8, 4) is 0 Å². The quantitative estimate of drug-likeness (QED) is 0.807. The van der Waals surface area contributed by atoms with E-state index in [1.54, 1.807) is 0 Å². The molecular formula is C17H24N4OS. The predicted molar refractivity (Wildman–Crippen MR) is 93.5 cm³/mol. The number of aromatic nitrogens is 2. The fraction of sp³-hybridized carbons (Fsp3) is 0.471. The van der Waals surface area contributed by atoms with Gasteiger partial charge in [-0.3, -0.25) is 9.69 Å². The summed E-state index contributed by atoms with van der Waals surface area (Å²) in [4.78, 5) is 15.3. The second kappa shape index (κ2) is 8.74. The largest absolute Gasteiger partial charge is 0.347 e. The van der Waals surface area contributed by atoms with Gasteiger partial charge in [-0.15, -0.1) is 5.10 Å². The lowest BCUT2D eigenvalue weighted by molar-refractivity contribution is 0.0953. The molecule has 6 heteroatoms. The summed E-state index contributed by atoms with van der Waals surface area (Å²) in [6, 6.07) is 8.27. The van der Waals surface area contributed by atoms with E-state index in [9.17, 15) is 4.79 Å². The smallest absolute Gasteiger partial charge is 0.265 e. The first kappa shape index (κ1) is 17.6. The fourth-order valence-electron chi connectivity index (χ4n) is 2.44. The van der Waals surface area contributed by atoms with Gasteiger partial charge in [0.15, 0.2) is 0 Å². The predicted octanol–water partition coefficient (Wildman–Crippen LogP) is 2.87. The molecule has 1 aromatic heterocycles. The van der Waals surface area contributed by atoms with Crippen molar-refractivity contribution >= 4 is 17.4 Å². The Morgan fingerprint density at radius 1 is 1.17 bits per heavy atom. The van der Waals surface area contributed by atoms with E-state index in [2.05, 4.69) is 45.8 Å². The van der Waals surface area contributed by atoms with Crippen molar-refractivity contribution in [1.82, 2.24) is 19.8 Å². The molecule has 1 amide bonds. The highest BCUT2D eigenvalue weighted by Crippen LogP contribution is 2.14. The SMILES string of the molecule is CCc1nnsc1C(=O)NCc1ccccc1CN(CC)CC. The maximum absolute atomic E-state index is 12.3. The summed E-state index contributed by atoms with van der Waals surface area (Å²) in [7, 11) is 0. The van der Waals surface area contributed by atoms with Crippen LogP contribution in [0.2, 0.25) is 0 Å². The molecule has 2 rings (SSSR count). The summed E-state index contributed by atoms with van der Waals surface area (Å²) in [6.45, 7) is 9.77. The molecule has 5 nitrogen and oxygen atoms in total. The van der Waals surface area contributed by atoms with Crippen LogP contribution >= 0.6 is 11.5 Å². The molecule has 0 aliphatic rings. The standard InChI is InChI=1S/C17H24N4OS/c1-4-15-16(23-20-19-15)17(22)18-11-13-9-7-8-10-14(13)12-21(5-2)6-3/h7-10H,4-6,11-12H2,1-3H3,(H,18,22). The number of carbonyl (C=O) groups is 1. The van der Waals surface area contributed by atoms with Crippen LogP contribution in [-0.4, -0.2) is 33.5 Å². The summed E-state index contributed by atoms with van der Waals surface area (Å²) in [5.74, 6) is -0.0884. The number of nitrogens with zero attached hydrogens (tertiary/aromatic N) is 3. The molecule has 0 fully saturated rings. The van der Waals surface area contributed by atoms with E-state index < -0.39 is 0 Å². The van der Waals surface area contributed by atoms with Gasteiger partial charge in [-0.1, -0.05) is 49.5 Å². The van der Waals surface area contributed by atoms with Crippen molar-refractivity contribution in [3.63, 3.8) is 0 Å². The number of benzene rings is 1. The molecule has 1 aromatic carbocycles. The second-order valence-corrected chi connectivity index (χ2v) is 6.07. The van der Waals surface area contributed by atoms with E-state index in [0.29, 0.717) is 11.4 Å². The first-order valence-electron chi connectivity index (χ1n) is 8.08. The highest BCUT2D eigenvalue weighted by Gasteiger charge is 2.15. The first-order valence-corrected chi connectivity index (χ1v) is 8.85. The minimum Gasteiger partial charge on any atom is -0.347 e. The summed E-state index contributed by atoms with van der Waals surface area (Å²) < 4.78 is 3.87. The van der Waals surface area contributed by atoms with Crippen LogP contribution in [0.15, 0.2) is 24.3 Å². The second-order valence-electron chi connectivity index (χ2n) is 5.32. The van der Waals surface area contributed by atoms with Crippen molar-refractivity contribution in [2.75, 3.05) is 13.1 Å². The molecule has 0 aliphatic heterocycles. The van der Waals surface area contributed by atoms with E-state index in [1.807, 2.05) is 19.1 Å². The van der Waals surface area contributed by atoms with Gasteiger partial charge in [-0.05, 0) is 42.2 Å². The number of carbonyl (C=O) groups excluding carboxylic acids is 1. The molecule has 0 unspecified atom stereocenters. The van der Waals surface area contributed by atoms with Gasteiger partial charge in [0, 0.05) is 13.1 Å². The summed E-state index contributed by atoms with van der Waals surface area (Å²) in [6.07, 6.45) is 0.720. The Kier molecular flexibility index (Phi) is 6.67. The summed E-state index contributed by atoms with van der Waals surface area (Å²) in [5, 5.41) is 6.99. The average molecular weight is 332 g/mol. The van der Waals surface area contributed by atoms with E-state index in [-0.39, 0.29) is 5.91 Å². The van der Waals surface area contributed by atoms with Gasteiger partial charge >= 0.3 is 0 Å². The molecular weight excluding hydrogens is 308 g/mol. The number of hydrogen-bond acceptors (Lipinski definition) is 5. The zero-order chi connectivity index (χ0) is 16.7. The molecule has 0 saturated heterocycles. The van der Waals surface area contributed by atoms with Crippen LogP contribution in [0, 0.1) is 0 Å². The van der Waals surface area contributed by atoms with Crippen molar-refractivity contribution in [2.24, 2.45) is 0 Å². The van der Waals surface area contributed by atoms with Gasteiger partial charge in [0.25, 0.3) is 5.91 Å². The van der Waals surface area contributed by atoms with E-state index in [0.717, 1.165) is 48.8 Å². The molecule has 2 aromatic rings. The van der Waals surface area contributed by atoms with Crippen molar-refractivity contribution < 1.29 is 4.79 Å². The molecule has 0 aliphatic carbocycles. The lowest BCUT2D eigenvalue weighted by Crippen LogP contribution is -2.26. The van der Waals surface area contributed by atoms with E-state index in [1.165, 1.54) is 5.56 Å². The molecule has 124 valence electrons. The van der Waals surface area contributed by atoms with Gasteiger partial charge < -0.3 is 5.32 Å². The lowest BCUT2D eigenvalue weighted by Gasteiger charge is -2.20. The molecule has 0 bridgehead atoms. The van der Waals surface area contributed by atoms with Crippen LogP contribution in [0.4, 0.5) is 0 Å². The van der Waals surface area contributed by atoms with Gasteiger partial charge in [0.2, 0.25) is 0 Å². The van der Waals surface area contributed by atoms with Crippen LogP contribution in [0.5, 0.6) is 0 Å². The van der Waals surface area contributed by atoms with Crippen LogP contribution in [-0.2, 0) is 19.5 Å². The maximum atomic E-state index is 12.3. The third kappa shape index (κ3) is 4.59. The van der Waals surface area contributed by atoms with Crippen LogP contribution < -0.4 is 5.32 Å². The van der Waals surface area contributed by atoms with Crippen molar-refractivity contribution in [2.45, 2.75) is 40.3 Å². The fourth-order valence-corrected chi connectivity index (χ4v) is 3.11. The Bertz CT molecular complexity index is 637. The Hall–Kier alpha value is -1.79. The molecule has 23 heavy (non-hydrogen) atoms. The number of nitrogens with one attached hydrogen (secondary N) is 1. The summed E-state index contributed by atoms with van der Waals surface area (Å²) in [5.41, 5.74) is 3.18. The Balaban J connectivity index is 2.04. The highest BCUT2D eigenvalue weighted by atomic mass is 32.1. The zero-order valence-corrected chi connectivity index (χ0v) is 14.8. The van der Waals surface area contributed by atoms with E-state index >= 15 is 0 Å². The highest BCUT2D eigenvalue weighted by molar-refractivity contribution is 7.08. The first-order chi connectivity index (χ1) is 11.2. The number of aryl methyl sites for hydroxylation is 1. The molecule has 0 spiro atoms. The minimum atomic E-state index is -0.0884. The zero-order valence-electron chi connectivity index (χ0n) is 14.0. The minimum absolute atomic E-state index is 0.0884. The molecule has 0 saturated carbocycles. The van der Waals surface area contributed by atoms with Crippen molar-refractivity contribution in [1.29, 1.82) is 0 Å².